The number of nitrogens with zero attached hydrogens (tertiary/aromatic N) is 1. The summed E-state index contributed by atoms with van der Waals surface area (Å²) in [5, 5.41) is 0. The minimum atomic E-state index is 0.700. The summed E-state index contributed by atoms with van der Waals surface area (Å²) in [5.41, 5.74) is 6.97. The van der Waals surface area contributed by atoms with E-state index in [4.69, 9.17) is 5.73 Å². The van der Waals surface area contributed by atoms with Crippen LogP contribution >= 0.6 is 0 Å². The first-order valence-corrected chi connectivity index (χ1v) is 3.32. The molecule has 0 atom stereocenters. The fourth-order valence-corrected chi connectivity index (χ4v) is 0.473. The van der Waals surface area contributed by atoms with Crippen LogP contribution in [0.15, 0.2) is 29.0 Å². The Hall–Kier alpha value is -1.05. The Kier molecular flexibility index (Phi) is 4.29. The van der Waals surface area contributed by atoms with Gasteiger partial charge in [0.1, 0.15) is 0 Å². The van der Waals surface area contributed by atoms with Crippen molar-refractivity contribution in [2.45, 2.75) is 20.3 Å². The molecule has 0 rings (SSSR count). The Morgan fingerprint density at radius 1 is 1.70 bits per heavy atom. The van der Waals surface area contributed by atoms with Crippen LogP contribution in [0.3, 0.4) is 0 Å². The summed E-state index contributed by atoms with van der Waals surface area (Å²) in [6.07, 6.45) is 4.46. The summed E-state index contributed by atoms with van der Waals surface area (Å²) < 4.78 is 0. The fourth-order valence-electron chi connectivity index (χ4n) is 0.473. The van der Waals surface area contributed by atoms with Crippen molar-refractivity contribution in [1.29, 1.82) is 0 Å². The number of hydrogen-bond acceptors (Lipinski definition) is 2. The third-order valence-corrected chi connectivity index (χ3v) is 0.874. The lowest BCUT2D eigenvalue weighted by atomic mass is 10.4. The first-order chi connectivity index (χ1) is 4.66. The van der Waals surface area contributed by atoms with E-state index in [1.807, 2.05) is 19.9 Å². The van der Waals surface area contributed by atoms with E-state index in [0.717, 1.165) is 12.1 Å². The normalized spacial score (nSPS) is 12.4. The molecule has 2 heteroatoms. The molecular formula is C8H14N2. The van der Waals surface area contributed by atoms with Crippen LogP contribution in [0.25, 0.3) is 0 Å². The molecule has 56 valence electrons. The molecule has 0 radical (unpaired) electrons. The highest BCUT2D eigenvalue weighted by molar-refractivity contribution is 5.77. The quantitative estimate of drug-likeness (QED) is 0.594. The van der Waals surface area contributed by atoms with Gasteiger partial charge in [0.2, 0.25) is 0 Å². The van der Waals surface area contributed by atoms with Crippen molar-refractivity contribution in [3.63, 3.8) is 0 Å². The molecular weight excluding hydrogens is 124 g/mol. The first kappa shape index (κ1) is 8.95. The predicted molar refractivity (Wildman–Crippen MR) is 45.9 cm³/mol. The Balaban J connectivity index is 3.89. The zero-order valence-corrected chi connectivity index (χ0v) is 6.59. The average molecular weight is 138 g/mol. The lowest BCUT2D eigenvalue weighted by Crippen LogP contribution is -1.97. The molecule has 0 unspecified atom stereocenters. The van der Waals surface area contributed by atoms with Crippen molar-refractivity contribution in [2.24, 2.45) is 10.7 Å². The highest BCUT2D eigenvalue weighted by Crippen LogP contribution is 1.89. The van der Waals surface area contributed by atoms with E-state index in [1.54, 1.807) is 6.21 Å². The molecule has 0 spiro atoms. The highest BCUT2D eigenvalue weighted by Gasteiger charge is 1.79. The van der Waals surface area contributed by atoms with Crippen LogP contribution in [0, 0.1) is 0 Å². The number of rotatable bonds is 3. The summed E-state index contributed by atoms with van der Waals surface area (Å²) in [7, 11) is 0. The van der Waals surface area contributed by atoms with Crippen molar-refractivity contribution >= 4 is 6.21 Å². The van der Waals surface area contributed by atoms with Crippen molar-refractivity contribution in [3.05, 3.63) is 24.0 Å². The van der Waals surface area contributed by atoms with E-state index < -0.39 is 0 Å². The van der Waals surface area contributed by atoms with Crippen molar-refractivity contribution in [1.82, 2.24) is 0 Å². The molecule has 0 fully saturated rings. The minimum absolute atomic E-state index is 0.700. The molecule has 0 saturated heterocycles. The van der Waals surface area contributed by atoms with Crippen LogP contribution in [-0.2, 0) is 0 Å². The van der Waals surface area contributed by atoms with Crippen LogP contribution in [0.4, 0.5) is 0 Å². The molecule has 0 amide bonds. The van der Waals surface area contributed by atoms with Gasteiger partial charge in [-0.25, -0.2) is 0 Å². The zero-order chi connectivity index (χ0) is 7.98. The monoisotopic (exact) mass is 138 g/mol. The van der Waals surface area contributed by atoms with Crippen LogP contribution in [0.1, 0.15) is 20.3 Å². The smallest absolute Gasteiger partial charge is 0.0497 e. The van der Waals surface area contributed by atoms with Gasteiger partial charge in [0, 0.05) is 17.6 Å². The molecule has 0 aromatic rings. The van der Waals surface area contributed by atoms with E-state index in [-0.39, 0.29) is 0 Å². The lowest BCUT2D eigenvalue weighted by Gasteiger charge is -1.89. The lowest BCUT2D eigenvalue weighted by molar-refractivity contribution is 1.19. The Labute approximate surface area is 62.1 Å². The molecule has 0 aliphatic heterocycles. The minimum Gasteiger partial charge on any atom is -0.398 e. The van der Waals surface area contributed by atoms with Crippen LogP contribution in [-0.4, -0.2) is 6.21 Å². The zero-order valence-electron chi connectivity index (χ0n) is 6.59. The summed E-state index contributed by atoms with van der Waals surface area (Å²) in [5.74, 6) is 0. The van der Waals surface area contributed by atoms with Gasteiger partial charge >= 0.3 is 0 Å². The number of hydrogen-bond donors (Lipinski definition) is 1. The number of allylic oxidation sites excluding steroid dienone is 3. The van der Waals surface area contributed by atoms with Gasteiger partial charge in [-0.05, 0) is 13.3 Å². The average Bonchev–Trinajstić information content (AvgIpc) is 1.85. The number of aliphatic imine (C=N–C) groups is 1. The molecule has 10 heavy (non-hydrogen) atoms. The maximum atomic E-state index is 5.50. The second-order valence-electron chi connectivity index (χ2n) is 2.11. The van der Waals surface area contributed by atoms with Gasteiger partial charge in [-0.2, -0.15) is 0 Å². The van der Waals surface area contributed by atoms with Gasteiger partial charge in [-0.3, -0.25) is 4.99 Å². The molecule has 2 nitrogen and oxygen atoms in total. The van der Waals surface area contributed by atoms with Gasteiger partial charge in [0.15, 0.2) is 0 Å². The Bertz CT molecular complexity index is 166. The van der Waals surface area contributed by atoms with Crippen LogP contribution < -0.4 is 5.73 Å². The summed E-state index contributed by atoms with van der Waals surface area (Å²) in [6, 6.07) is 0. The van der Waals surface area contributed by atoms with Crippen molar-refractivity contribution in [3.8, 4) is 0 Å². The second-order valence-corrected chi connectivity index (χ2v) is 2.11. The van der Waals surface area contributed by atoms with Gasteiger partial charge < -0.3 is 5.73 Å². The summed E-state index contributed by atoms with van der Waals surface area (Å²) >= 11 is 0. The highest BCUT2D eigenvalue weighted by atomic mass is 14.7. The maximum Gasteiger partial charge on any atom is 0.0497 e. The summed E-state index contributed by atoms with van der Waals surface area (Å²) in [4.78, 5) is 3.93. The van der Waals surface area contributed by atoms with E-state index in [2.05, 4.69) is 11.6 Å². The van der Waals surface area contributed by atoms with E-state index >= 15 is 0 Å². The van der Waals surface area contributed by atoms with Gasteiger partial charge in [0.05, 0.1) is 0 Å². The van der Waals surface area contributed by atoms with Crippen LogP contribution in [0.2, 0.25) is 0 Å². The molecule has 0 aliphatic carbocycles. The summed E-state index contributed by atoms with van der Waals surface area (Å²) in [6.45, 7) is 7.46. The molecule has 0 heterocycles. The SMILES string of the molecule is C=C(C)/N=C\C(N)=C/CC. The first-order valence-electron chi connectivity index (χ1n) is 3.32. The van der Waals surface area contributed by atoms with E-state index in [9.17, 15) is 0 Å². The predicted octanol–water partition coefficient (Wildman–Crippen LogP) is 1.84. The third-order valence-electron chi connectivity index (χ3n) is 0.874. The van der Waals surface area contributed by atoms with Crippen molar-refractivity contribution in [2.75, 3.05) is 0 Å². The Morgan fingerprint density at radius 2 is 2.30 bits per heavy atom. The molecule has 0 bridgehead atoms. The van der Waals surface area contributed by atoms with E-state index in [0.29, 0.717) is 5.70 Å². The maximum absolute atomic E-state index is 5.50. The molecule has 0 saturated carbocycles. The van der Waals surface area contributed by atoms with Gasteiger partial charge in [-0.15, -0.1) is 0 Å². The standard InChI is InChI=1S/C8H14N2/c1-4-5-8(9)6-10-7(2)3/h5-6H,2,4,9H2,1,3H3/b8-5+,10-6-. The van der Waals surface area contributed by atoms with Crippen LogP contribution in [0.5, 0.6) is 0 Å². The third kappa shape index (κ3) is 5.09. The second kappa shape index (κ2) is 4.79. The Morgan fingerprint density at radius 3 is 2.70 bits per heavy atom. The van der Waals surface area contributed by atoms with Gasteiger partial charge in [0.25, 0.3) is 0 Å². The van der Waals surface area contributed by atoms with Crippen molar-refractivity contribution < 1.29 is 0 Å². The molecule has 0 aliphatic rings. The largest absolute Gasteiger partial charge is 0.398 e. The number of nitrogens with two attached hydrogens (primary N) is 1. The molecule has 0 aromatic heterocycles. The topological polar surface area (TPSA) is 38.4 Å². The molecule has 2 N–H and O–H groups in total. The van der Waals surface area contributed by atoms with E-state index in [1.165, 1.54) is 0 Å². The fraction of sp³-hybridized carbons (Fsp3) is 0.375. The molecule has 0 aromatic carbocycles. The van der Waals surface area contributed by atoms with Gasteiger partial charge in [-0.1, -0.05) is 19.6 Å².